The maximum atomic E-state index is 3.62. The normalized spacial score (nSPS) is 30.8. The van der Waals surface area contributed by atoms with E-state index in [-0.39, 0.29) is 0 Å². The fourth-order valence-electron chi connectivity index (χ4n) is 3.57. The van der Waals surface area contributed by atoms with Crippen LogP contribution in [0.15, 0.2) is 0 Å². The summed E-state index contributed by atoms with van der Waals surface area (Å²) in [6.07, 6.45) is 8.66. The highest BCUT2D eigenvalue weighted by molar-refractivity contribution is 4.85. The molecule has 0 spiro atoms. The van der Waals surface area contributed by atoms with Crippen LogP contribution in [0.5, 0.6) is 0 Å². The number of hydrogen-bond donors (Lipinski definition) is 1. The van der Waals surface area contributed by atoms with Crippen LogP contribution in [0, 0.1) is 5.92 Å². The Morgan fingerprint density at radius 1 is 1.19 bits per heavy atom. The molecule has 0 amide bonds. The molecule has 1 saturated carbocycles. The number of likely N-dealkylation sites (tertiary alicyclic amines) is 1. The standard InChI is InChI=1S/C14H28N2/c1-3-15-14-9-6-10-16(11-14)12(2)13-7-4-5-8-13/h12-15H,3-11H2,1-2H3. The van der Waals surface area contributed by atoms with Crippen LogP contribution in [0.1, 0.15) is 52.4 Å². The lowest BCUT2D eigenvalue weighted by molar-refractivity contribution is 0.110. The van der Waals surface area contributed by atoms with Gasteiger partial charge in [0.1, 0.15) is 0 Å². The van der Waals surface area contributed by atoms with E-state index < -0.39 is 0 Å². The van der Waals surface area contributed by atoms with Gasteiger partial charge in [0.15, 0.2) is 0 Å². The van der Waals surface area contributed by atoms with E-state index in [9.17, 15) is 0 Å². The molecule has 2 aliphatic rings. The van der Waals surface area contributed by atoms with Gasteiger partial charge in [-0.1, -0.05) is 19.8 Å². The molecule has 1 heterocycles. The van der Waals surface area contributed by atoms with Gasteiger partial charge in [0, 0.05) is 18.6 Å². The summed E-state index contributed by atoms with van der Waals surface area (Å²) in [7, 11) is 0. The van der Waals surface area contributed by atoms with E-state index in [1.165, 1.54) is 51.6 Å². The van der Waals surface area contributed by atoms with Gasteiger partial charge < -0.3 is 5.32 Å². The maximum absolute atomic E-state index is 3.62. The minimum atomic E-state index is 0.752. The first kappa shape index (κ1) is 12.4. The monoisotopic (exact) mass is 224 g/mol. The summed E-state index contributed by atoms with van der Waals surface area (Å²) in [4.78, 5) is 2.74. The highest BCUT2D eigenvalue weighted by Crippen LogP contribution is 2.31. The van der Waals surface area contributed by atoms with Crippen molar-refractivity contribution in [2.45, 2.75) is 64.5 Å². The smallest absolute Gasteiger partial charge is 0.0195 e. The average Bonchev–Trinajstić information content (AvgIpc) is 2.82. The lowest BCUT2D eigenvalue weighted by Crippen LogP contribution is -2.50. The number of nitrogens with zero attached hydrogens (tertiary/aromatic N) is 1. The lowest BCUT2D eigenvalue weighted by atomic mass is 9.95. The molecule has 0 bridgehead atoms. The van der Waals surface area contributed by atoms with Gasteiger partial charge in [-0.3, -0.25) is 4.90 Å². The lowest BCUT2D eigenvalue weighted by Gasteiger charge is -2.39. The molecule has 94 valence electrons. The van der Waals surface area contributed by atoms with Crippen LogP contribution < -0.4 is 5.32 Å². The Balaban J connectivity index is 1.82. The molecule has 2 unspecified atom stereocenters. The minimum absolute atomic E-state index is 0.752. The third-order valence-corrected chi connectivity index (χ3v) is 4.60. The first-order valence-electron chi connectivity index (χ1n) is 7.28. The molecule has 2 rings (SSSR count). The Kier molecular flexibility index (Phi) is 4.66. The molecule has 0 aromatic rings. The summed E-state index contributed by atoms with van der Waals surface area (Å²) in [6.45, 7) is 8.42. The number of rotatable bonds is 4. The molecule has 1 aliphatic carbocycles. The Morgan fingerprint density at radius 2 is 1.94 bits per heavy atom. The molecule has 1 saturated heterocycles. The van der Waals surface area contributed by atoms with Crippen molar-refractivity contribution < 1.29 is 0 Å². The second kappa shape index (κ2) is 6.02. The van der Waals surface area contributed by atoms with Crippen LogP contribution in [-0.2, 0) is 0 Å². The van der Waals surface area contributed by atoms with E-state index in [4.69, 9.17) is 0 Å². The van der Waals surface area contributed by atoms with Crippen molar-refractivity contribution in [1.82, 2.24) is 10.2 Å². The zero-order valence-corrected chi connectivity index (χ0v) is 11.0. The fourth-order valence-corrected chi connectivity index (χ4v) is 3.57. The fraction of sp³-hybridized carbons (Fsp3) is 1.00. The molecule has 0 aromatic heterocycles. The molecule has 1 aliphatic heterocycles. The molecular weight excluding hydrogens is 196 g/mol. The molecule has 0 radical (unpaired) electrons. The van der Waals surface area contributed by atoms with Gasteiger partial charge >= 0.3 is 0 Å². The molecule has 1 N–H and O–H groups in total. The van der Waals surface area contributed by atoms with Crippen LogP contribution in [0.2, 0.25) is 0 Å². The van der Waals surface area contributed by atoms with E-state index in [0.29, 0.717) is 0 Å². The zero-order chi connectivity index (χ0) is 11.4. The Bertz CT molecular complexity index is 197. The first-order chi connectivity index (χ1) is 7.81. The highest BCUT2D eigenvalue weighted by atomic mass is 15.2. The summed E-state index contributed by atoms with van der Waals surface area (Å²) < 4.78 is 0. The third kappa shape index (κ3) is 2.98. The van der Waals surface area contributed by atoms with E-state index in [1.807, 2.05) is 0 Å². The van der Waals surface area contributed by atoms with E-state index >= 15 is 0 Å². The molecule has 2 heteroatoms. The van der Waals surface area contributed by atoms with Gasteiger partial charge in [0.2, 0.25) is 0 Å². The predicted octanol–water partition coefficient (Wildman–Crippen LogP) is 2.64. The second-order valence-corrected chi connectivity index (χ2v) is 5.68. The number of likely N-dealkylation sites (N-methyl/N-ethyl adjacent to an activating group) is 1. The van der Waals surface area contributed by atoms with Crippen molar-refractivity contribution in [3.05, 3.63) is 0 Å². The van der Waals surface area contributed by atoms with Crippen molar-refractivity contribution in [2.75, 3.05) is 19.6 Å². The van der Waals surface area contributed by atoms with Crippen LogP contribution in [0.4, 0.5) is 0 Å². The molecule has 0 aromatic carbocycles. The Labute approximate surface area is 101 Å². The molecule has 2 nitrogen and oxygen atoms in total. The molecular formula is C14H28N2. The quantitative estimate of drug-likeness (QED) is 0.790. The van der Waals surface area contributed by atoms with Gasteiger partial charge in [0.05, 0.1) is 0 Å². The molecule has 16 heavy (non-hydrogen) atoms. The largest absolute Gasteiger partial charge is 0.313 e. The minimum Gasteiger partial charge on any atom is -0.313 e. The highest BCUT2D eigenvalue weighted by Gasteiger charge is 2.29. The van der Waals surface area contributed by atoms with Crippen molar-refractivity contribution in [1.29, 1.82) is 0 Å². The van der Waals surface area contributed by atoms with Crippen molar-refractivity contribution in [3.63, 3.8) is 0 Å². The second-order valence-electron chi connectivity index (χ2n) is 5.68. The van der Waals surface area contributed by atoms with E-state index in [2.05, 4.69) is 24.1 Å². The Morgan fingerprint density at radius 3 is 2.62 bits per heavy atom. The summed E-state index contributed by atoms with van der Waals surface area (Å²) >= 11 is 0. The summed E-state index contributed by atoms with van der Waals surface area (Å²) in [5.41, 5.74) is 0. The van der Waals surface area contributed by atoms with Gasteiger partial charge in [-0.2, -0.15) is 0 Å². The first-order valence-corrected chi connectivity index (χ1v) is 7.28. The zero-order valence-electron chi connectivity index (χ0n) is 11.0. The van der Waals surface area contributed by atoms with Crippen LogP contribution >= 0.6 is 0 Å². The van der Waals surface area contributed by atoms with Crippen LogP contribution in [-0.4, -0.2) is 36.6 Å². The topological polar surface area (TPSA) is 15.3 Å². The average molecular weight is 224 g/mol. The number of piperidine rings is 1. The maximum Gasteiger partial charge on any atom is 0.0195 e. The number of hydrogen-bond acceptors (Lipinski definition) is 2. The summed E-state index contributed by atoms with van der Waals surface area (Å²) in [5.74, 6) is 0.986. The van der Waals surface area contributed by atoms with Crippen molar-refractivity contribution >= 4 is 0 Å². The van der Waals surface area contributed by atoms with Crippen molar-refractivity contribution in [3.8, 4) is 0 Å². The molecule has 2 fully saturated rings. The van der Waals surface area contributed by atoms with Crippen molar-refractivity contribution in [2.24, 2.45) is 5.92 Å². The van der Waals surface area contributed by atoms with E-state index in [1.54, 1.807) is 0 Å². The van der Waals surface area contributed by atoms with E-state index in [0.717, 1.165) is 24.5 Å². The third-order valence-electron chi connectivity index (χ3n) is 4.60. The van der Waals surface area contributed by atoms with Gasteiger partial charge in [-0.05, 0) is 51.6 Å². The van der Waals surface area contributed by atoms with Crippen LogP contribution in [0.3, 0.4) is 0 Å². The van der Waals surface area contributed by atoms with Gasteiger partial charge in [-0.15, -0.1) is 0 Å². The predicted molar refractivity (Wildman–Crippen MR) is 69.7 cm³/mol. The summed E-state index contributed by atoms with van der Waals surface area (Å²) in [5, 5.41) is 3.62. The SMILES string of the molecule is CCNC1CCCN(C(C)C2CCCC2)C1. The molecule has 2 atom stereocenters. The van der Waals surface area contributed by atoms with Crippen LogP contribution in [0.25, 0.3) is 0 Å². The van der Waals surface area contributed by atoms with Gasteiger partial charge in [0.25, 0.3) is 0 Å². The number of nitrogens with one attached hydrogen (secondary N) is 1. The Hall–Kier alpha value is -0.0800. The summed E-state index contributed by atoms with van der Waals surface area (Å²) in [6, 6.07) is 1.58. The van der Waals surface area contributed by atoms with Gasteiger partial charge in [-0.25, -0.2) is 0 Å².